The summed E-state index contributed by atoms with van der Waals surface area (Å²) in [7, 11) is 0. The molecule has 0 aliphatic rings. The second kappa shape index (κ2) is 5.89. The summed E-state index contributed by atoms with van der Waals surface area (Å²) in [5.74, 6) is -0.311. The van der Waals surface area contributed by atoms with Crippen molar-refractivity contribution >= 4 is 34.4 Å². The Morgan fingerprint density at radius 1 is 1.14 bits per heavy atom. The third-order valence-corrected chi connectivity index (χ3v) is 3.23. The minimum Gasteiger partial charge on any atom is -0.278 e. The number of halogens is 2. The van der Waals surface area contributed by atoms with Crippen LogP contribution < -0.4 is 5.43 Å². The van der Waals surface area contributed by atoms with Crippen molar-refractivity contribution in [3.63, 3.8) is 0 Å². The van der Waals surface area contributed by atoms with Crippen LogP contribution in [0.3, 0.4) is 0 Å². The summed E-state index contributed by atoms with van der Waals surface area (Å²) in [6, 6.07) is 13.7. The molecule has 0 aliphatic carbocycles. The monoisotopic (exact) mass is 299 g/mol. The normalized spacial score (nSPS) is 11.1. The van der Waals surface area contributed by atoms with Crippen LogP contribution in [0, 0.1) is 5.82 Å². The van der Waals surface area contributed by atoms with Gasteiger partial charge in [-0.3, -0.25) is 10.4 Å². The van der Waals surface area contributed by atoms with Gasteiger partial charge < -0.3 is 0 Å². The summed E-state index contributed by atoms with van der Waals surface area (Å²) in [6.07, 6.45) is 3.11. The number of hydrogen-bond acceptors (Lipinski definition) is 3. The van der Waals surface area contributed by atoms with E-state index >= 15 is 0 Å². The van der Waals surface area contributed by atoms with E-state index in [1.54, 1.807) is 42.6 Å². The first-order valence-electron chi connectivity index (χ1n) is 6.32. The van der Waals surface area contributed by atoms with Gasteiger partial charge in [-0.15, -0.1) is 0 Å². The van der Waals surface area contributed by atoms with E-state index in [9.17, 15) is 4.39 Å². The lowest BCUT2D eigenvalue weighted by atomic mass is 10.2. The van der Waals surface area contributed by atoms with Crippen molar-refractivity contribution in [2.24, 2.45) is 5.10 Å². The molecule has 0 unspecified atom stereocenters. The van der Waals surface area contributed by atoms with E-state index < -0.39 is 0 Å². The van der Waals surface area contributed by atoms with Crippen LogP contribution in [0.15, 0.2) is 59.8 Å². The maximum Gasteiger partial charge on any atom is 0.132 e. The molecule has 0 bridgehead atoms. The second-order valence-corrected chi connectivity index (χ2v) is 4.85. The molecule has 1 heterocycles. The van der Waals surface area contributed by atoms with E-state index in [0.717, 1.165) is 16.6 Å². The Hall–Kier alpha value is -2.46. The molecule has 0 fully saturated rings. The Balaban J connectivity index is 1.87. The summed E-state index contributed by atoms with van der Waals surface area (Å²) < 4.78 is 13.5. The predicted octanol–water partition coefficient (Wildman–Crippen LogP) is 4.47. The van der Waals surface area contributed by atoms with E-state index in [4.69, 9.17) is 11.6 Å². The highest BCUT2D eigenvalue weighted by molar-refractivity contribution is 6.31. The lowest BCUT2D eigenvalue weighted by Gasteiger charge is -2.05. The Kier molecular flexibility index (Phi) is 3.79. The number of benzene rings is 2. The molecule has 5 heteroatoms. The third kappa shape index (κ3) is 3.01. The Morgan fingerprint density at radius 3 is 2.86 bits per heavy atom. The Labute approximate surface area is 126 Å². The van der Waals surface area contributed by atoms with E-state index in [2.05, 4.69) is 15.5 Å². The molecule has 0 radical (unpaired) electrons. The average Bonchev–Trinajstić information content (AvgIpc) is 2.49. The largest absolute Gasteiger partial charge is 0.278 e. The molecule has 1 N–H and O–H groups in total. The van der Waals surface area contributed by atoms with Crippen LogP contribution in [0.4, 0.5) is 10.1 Å². The fourth-order valence-corrected chi connectivity index (χ4v) is 2.14. The molecule has 104 valence electrons. The third-order valence-electron chi connectivity index (χ3n) is 3.00. The minimum absolute atomic E-state index is 0.311. The lowest BCUT2D eigenvalue weighted by Crippen LogP contribution is -1.94. The number of rotatable bonds is 3. The summed E-state index contributed by atoms with van der Waals surface area (Å²) in [6.45, 7) is 0. The fraction of sp³-hybridized carbons (Fsp3) is 0. The molecule has 0 saturated carbocycles. The van der Waals surface area contributed by atoms with Gasteiger partial charge in [-0.05, 0) is 30.3 Å². The van der Waals surface area contributed by atoms with E-state index in [1.165, 1.54) is 12.3 Å². The molecule has 0 amide bonds. The molecule has 3 rings (SSSR count). The quantitative estimate of drug-likeness (QED) is 0.572. The summed E-state index contributed by atoms with van der Waals surface area (Å²) in [5, 5.41) is 5.59. The van der Waals surface area contributed by atoms with Crippen LogP contribution in [0.2, 0.25) is 5.02 Å². The Bertz CT molecular complexity index is 817. The van der Waals surface area contributed by atoms with Gasteiger partial charge in [-0.1, -0.05) is 29.8 Å². The average molecular weight is 300 g/mol. The van der Waals surface area contributed by atoms with E-state index in [1.807, 2.05) is 6.07 Å². The molecule has 0 spiro atoms. The standard InChI is InChI=1S/C16H11ClFN3/c17-12-5-6-13-15(7-8-19-16(13)9-12)21-20-10-11-3-1-2-4-14(11)18/h1-10H,(H,19,21)/b20-10-. The number of anilines is 1. The molecule has 21 heavy (non-hydrogen) atoms. The highest BCUT2D eigenvalue weighted by Gasteiger charge is 2.02. The Morgan fingerprint density at radius 2 is 2.00 bits per heavy atom. The van der Waals surface area contributed by atoms with Crippen molar-refractivity contribution in [3.05, 3.63) is 71.1 Å². The lowest BCUT2D eigenvalue weighted by molar-refractivity contribution is 0.626. The molecule has 3 aromatic rings. The second-order valence-electron chi connectivity index (χ2n) is 4.41. The van der Waals surface area contributed by atoms with E-state index in [-0.39, 0.29) is 5.82 Å². The highest BCUT2D eigenvalue weighted by atomic mass is 35.5. The van der Waals surface area contributed by atoms with Gasteiger partial charge in [0, 0.05) is 22.2 Å². The smallest absolute Gasteiger partial charge is 0.132 e. The van der Waals surface area contributed by atoms with Crippen molar-refractivity contribution in [1.82, 2.24) is 4.98 Å². The van der Waals surface area contributed by atoms with Gasteiger partial charge >= 0.3 is 0 Å². The van der Waals surface area contributed by atoms with Crippen molar-refractivity contribution in [2.75, 3.05) is 5.43 Å². The number of hydrogen-bond donors (Lipinski definition) is 1. The molecule has 2 aromatic carbocycles. The highest BCUT2D eigenvalue weighted by Crippen LogP contribution is 2.24. The molecule has 1 aromatic heterocycles. The molecule has 0 saturated heterocycles. The van der Waals surface area contributed by atoms with Gasteiger partial charge in [-0.25, -0.2) is 4.39 Å². The van der Waals surface area contributed by atoms with Crippen molar-refractivity contribution in [1.29, 1.82) is 0 Å². The maximum atomic E-state index is 13.5. The summed E-state index contributed by atoms with van der Waals surface area (Å²) in [5.41, 5.74) is 4.88. The number of aromatic nitrogens is 1. The number of hydrazone groups is 1. The van der Waals surface area contributed by atoms with Gasteiger partial charge in [0.2, 0.25) is 0 Å². The zero-order chi connectivity index (χ0) is 14.7. The summed E-state index contributed by atoms with van der Waals surface area (Å²) >= 11 is 5.94. The zero-order valence-electron chi connectivity index (χ0n) is 10.9. The molecular formula is C16H11ClFN3. The molecule has 0 atom stereocenters. The number of nitrogens with one attached hydrogen (secondary N) is 1. The van der Waals surface area contributed by atoms with Crippen LogP contribution in [-0.4, -0.2) is 11.2 Å². The van der Waals surface area contributed by atoms with Gasteiger partial charge in [0.15, 0.2) is 0 Å². The number of nitrogens with zero attached hydrogens (tertiary/aromatic N) is 2. The van der Waals surface area contributed by atoms with Gasteiger partial charge in [0.05, 0.1) is 17.4 Å². The van der Waals surface area contributed by atoms with Crippen LogP contribution in [0.5, 0.6) is 0 Å². The topological polar surface area (TPSA) is 37.3 Å². The molecular weight excluding hydrogens is 289 g/mol. The van der Waals surface area contributed by atoms with Crippen LogP contribution >= 0.6 is 11.6 Å². The number of pyridine rings is 1. The minimum atomic E-state index is -0.311. The first-order chi connectivity index (χ1) is 10.2. The molecule has 0 aliphatic heterocycles. The van der Waals surface area contributed by atoms with Crippen LogP contribution in [0.25, 0.3) is 10.9 Å². The fourth-order valence-electron chi connectivity index (χ4n) is 1.97. The predicted molar refractivity (Wildman–Crippen MR) is 84.4 cm³/mol. The van der Waals surface area contributed by atoms with Crippen molar-refractivity contribution in [3.8, 4) is 0 Å². The van der Waals surface area contributed by atoms with Crippen LogP contribution in [0.1, 0.15) is 5.56 Å². The SMILES string of the molecule is Fc1ccccc1/C=N\Nc1ccnc2cc(Cl)ccc12. The zero-order valence-corrected chi connectivity index (χ0v) is 11.7. The van der Waals surface area contributed by atoms with Crippen molar-refractivity contribution in [2.45, 2.75) is 0 Å². The van der Waals surface area contributed by atoms with E-state index in [0.29, 0.717) is 10.6 Å². The van der Waals surface area contributed by atoms with Gasteiger partial charge in [0.25, 0.3) is 0 Å². The maximum absolute atomic E-state index is 13.5. The van der Waals surface area contributed by atoms with Gasteiger partial charge in [-0.2, -0.15) is 5.10 Å². The summed E-state index contributed by atoms with van der Waals surface area (Å²) in [4.78, 5) is 4.25. The first-order valence-corrected chi connectivity index (χ1v) is 6.70. The van der Waals surface area contributed by atoms with Gasteiger partial charge in [0.1, 0.15) is 5.82 Å². The number of fused-ring (bicyclic) bond motifs is 1. The van der Waals surface area contributed by atoms with Crippen molar-refractivity contribution < 1.29 is 4.39 Å². The first kappa shape index (κ1) is 13.5. The molecule has 3 nitrogen and oxygen atoms in total. The van der Waals surface area contributed by atoms with Crippen LogP contribution in [-0.2, 0) is 0 Å².